The van der Waals surface area contributed by atoms with E-state index in [1.54, 1.807) is 0 Å². The van der Waals surface area contributed by atoms with Crippen molar-refractivity contribution in [3.63, 3.8) is 0 Å². The second kappa shape index (κ2) is 3.09. The van der Waals surface area contributed by atoms with Crippen LogP contribution in [0, 0.1) is 13.8 Å². The standard InChI is InChI=1S/C14H17N3/c1-8-9(2)16-17-13(11-5-6-11)7-12(10-3-4-10)15-14(8)17/h7,10-11H,3-6H2,1-2H3. The number of hydrogen-bond acceptors (Lipinski definition) is 2. The topological polar surface area (TPSA) is 30.2 Å². The van der Waals surface area contributed by atoms with Crippen LogP contribution in [-0.2, 0) is 0 Å². The molecule has 2 aliphatic carbocycles. The van der Waals surface area contributed by atoms with Gasteiger partial charge in [-0.2, -0.15) is 5.10 Å². The molecule has 0 bridgehead atoms. The van der Waals surface area contributed by atoms with Gasteiger partial charge in [-0.05, 0) is 45.6 Å². The van der Waals surface area contributed by atoms with Gasteiger partial charge in [-0.3, -0.25) is 0 Å². The van der Waals surface area contributed by atoms with Gasteiger partial charge in [0.15, 0.2) is 5.65 Å². The van der Waals surface area contributed by atoms with Crippen LogP contribution in [0.5, 0.6) is 0 Å². The van der Waals surface area contributed by atoms with Gasteiger partial charge in [-0.15, -0.1) is 0 Å². The first-order chi connectivity index (χ1) is 8.24. The molecule has 88 valence electrons. The summed E-state index contributed by atoms with van der Waals surface area (Å²) in [4.78, 5) is 4.83. The van der Waals surface area contributed by atoms with E-state index in [4.69, 9.17) is 4.98 Å². The molecule has 2 aliphatic rings. The Hall–Kier alpha value is -1.38. The molecule has 2 aromatic heterocycles. The zero-order chi connectivity index (χ0) is 11.6. The summed E-state index contributed by atoms with van der Waals surface area (Å²) in [7, 11) is 0. The Bertz CT molecular complexity index is 603. The van der Waals surface area contributed by atoms with Crippen molar-refractivity contribution in [2.24, 2.45) is 0 Å². The fourth-order valence-corrected chi connectivity index (χ4v) is 2.53. The maximum absolute atomic E-state index is 4.83. The zero-order valence-electron chi connectivity index (χ0n) is 10.4. The summed E-state index contributed by atoms with van der Waals surface area (Å²) < 4.78 is 2.09. The lowest BCUT2D eigenvalue weighted by molar-refractivity contribution is 0.815. The zero-order valence-corrected chi connectivity index (χ0v) is 10.4. The van der Waals surface area contributed by atoms with Crippen LogP contribution in [0.3, 0.4) is 0 Å². The number of aryl methyl sites for hydroxylation is 2. The Balaban J connectivity index is 2.02. The van der Waals surface area contributed by atoms with Gasteiger partial charge in [0.05, 0.1) is 5.69 Å². The molecular weight excluding hydrogens is 210 g/mol. The minimum atomic E-state index is 0.729. The van der Waals surface area contributed by atoms with Crippen LogP contribution in [0.4, 0.5) is 0 Å². The predicted molar refractivity (Wildman–Crippen MR) is 66.4 cm³/mol. The fraction of sp³-hybridized carbons (Fsp3) is 0.571. The van der Waals surface area contributed by atoms with Gasteiger partial charge in [-0.25, -0.2) is 9.50 Å². The van der Waals surface area contributed by atoms with Crippen molar-refractivity contribution in [1.29, 1.82) is 0 Å². The van der Waals surface area contributed by atoms with E-state index in [1.165, 1.54) is 42.6 Å². The van der Waals surface area contributed by atoms with Crippen LogP contribution < -0.4 is 0 Å². The van der Waals surface area contributed by atoms with E-state index in [2.05, 4.69) is 29.5 Å². The van der Waals surface area contributed by atoms with Crippen molar-refractivity contribution in [3.8, 4) is 0 Å². The Morgan fingerprint density at radius 2 is 1.82 bits per heavy atom. The van der Waals surface area contributed by atoms with Gasteiger partial charge < -0.3 is 0 Å². The lowest BCUT2D eigenvalue weighted by Crippen LogP contribution is -2.02. The van der Waals surface area contributed by atoms with Crippen LogP contribution in [0.1, 0.15) is 60.2 Å². The maximum Gasteiger partial charge on any atom is 0.158 e. The molecule has 0 aliphatic heterocycles. The van der Waals surface area contributed by atoms with Crippen molar-refractivity contribution in [2.75, 3.05) is 0 Å². The third kappa shape index (κ3) is 1.41. The number of rotatable bonds is 2. The smallest absolute Gasteiger partial charge is 0.158 e. The molecule has 0 N–H and O–H groups in total. The third-order valence-corrected chi connectivity index (χ3v) is 4.10. The van der Waals surface area contributed by atoms with Crippen molar-refractivity contribution < 1.29 is 0 Å². The SMILES string of the molecule is Cc1nn2c(C3CC3)cc(C3CC3)nc2c1C. The van der Waals surface area contributed by atoms with Crippen molar-refractivity contribution in [1.82, 2.24) is 14.6 Å². The van der Waals surface area contributed by atoms with Crippen LogP contribution in [-0.4, -0.2) is 14.6 Å². The molecule has 2 aromatic rings. The van der Waals surface area contributed by atoms with E-state index in [1.807, 2.05) is 0 Å². The number of fused-ring (bicyclic) bond motifs is 1. The molecule has 4 rings (SSSR count). The second-order valence-electron chi connectivity index (χ2n) is 5.60. The molecule has 0 aromatic carbocycles. The summed E-state index contributed by atoms with van der Waals surface area (Å²) >= 11 is 0. The highest BCUT2D eigenvalue weighted by atomic mass is 15.3. The molecule has 2 fully saturated rings. The van der Waals surface area contributed by atoms with Gasteiger partial charge in [0.1, 0.15) is 0 Å². The number of hydrogen-bond donors (Lipinski definition) is 0. The Morgan fingerprint density at radius 1 is 1.12 bits per heavy atom. The Kier molecular flexibility index (Phi) is 1.75. The van der Waals surface area contributed by atoms with Gasteiger partial charge in [0, 0.05) is 28.8 Å². The molecule has 17 heavy (non-hydrogen) atoms. The van der Waals surface area contributed by atoms with Gasteiger partial charge in [0.25, 0.3) is 0 Å². The molecular formula is C14H17N3. The Labute approximate surface area is 101 Å². The minimum Gasteiger partial charge on any atom is -0.233 e. The highest BCUT2D eigenvalue weighted by molar-refractivity contribution is 5.51. The van der Waals surface area contributed by atoms with Gasteiger partial charge >= 0.3 is 0 Å². The largest absolute Gasteiger partial charge is 0.233 e. The van der Waals surface area contributed by atoms with Crippen LogP contribution >= 0.6 is 0 Å². The molecule has 0 radical (unpaired) electrons. The molecule has 2 saturated carbocycles. The highest BCUT2D eigenvalue weighted by Crippen LogP contribution is 2.44. The average Bonchev–Trinajstić information content (AvgIpc) is 3.19. The summed E-state index contributed by atoms with van der Waals surface area (Å²) in [5.41, 5.74) is 6.16. The summed E-state index contributed by atoms with van der Waals surface area (Å²) in [6.45, 7) is 4.22. The van der Waals surface area contributed by atoms with E-state index in [0.717, 1.165) is 23.2 Å². The maximum atomic E-state index is 4.83. The normalized spacial score (nSPS) is 20.1. The quantitative estimate of drug-likeness (QED) is 0.789. The monoisotopic (exact) mass is 227 g/mol. The average molecular weight is 227 g/mol. The van der Waals surface area contributed by atoms with Gasteiger partial charge in [0.2, 0.25) is 0 Å². The van der Waals surface area contributed by atoms with Crippen molar-refractivity contribution in [2.45, 2.75) is 51.4 Å². The first kappa shape index (κ1) is 9.63. The van der Waals surface area contributed by atoms with Gasteiger partial charge in [-0.1, -0.05) is 0 Å². The van der Waals surface area contributed by atoms with E-state index in [-0.39, 0.29) is 0 Å². The summed E-state index contributed by atoms with van der Waals surface area (Å²) in [6, 6.07) is 2.31. The molecule has 0 unspecified atom stereocenters. The summed E-state index contributed by atoms with van der Waals surface area (Å²) in [5.74, 6) is 1.46. The third-order valence-electron chi connectivity index (χ3n) is 4.10. The molecule has 0 saturated heterocycles. The van der Waals surface area contributed by atoms with Crippen LogP contribution in [0.2, 0.25) is 0 Å². The first-order valence-corrected chi connectivity index (χ1v) is 6.61. The second-order valence-corrected chi connectivity index (χ2v) is 5.60. The van der Waals surface area contributed by atoms with E-state index in [0.29, 0.717) is 0 Å². The lowest BCUT2D eigenvalue weighted by Gasteiger charge is -2.06. The van der Waals surface area contributed by atoms with E-state index in [9.17, 15) is 0 Å². The Morgan fingerprint density at radius 3 is 2.47 bits per heavy atom. The van der Waals surface area contributed by atoms with Crippen LogP contribution in [0.15, 0.2) is 6.07 Å². The predicted octanol–water partition coefficient (Wildman–Crippen LogP) is 3.10. The van der Waals surface area contributed by atoms with E-state index < -0.39 is 0 Å². The molecule has 0 atom stereocenters. The molecule has 0 amide bonds. The van der Waals surface area contributed by atoms with E-state index >= 15 is 0 Å². The highest BCUT2D eigenvalue weighted by Gasteiger charge is 2.31. The fourth-order valence-electron chi connectivity index (χ4n) is 2.53. The molecule has 3 heteroatoms. The lowest BCUT2D eigenvalue weighted by atomic mass is 10.2. The first-order valence-electron chi connectivity index (χ1n) is 6.61. The summed E-state index contributed by atoms with van der Waals surface area (Å²) in [6.07, 6.45) is 5.28. The number of aromatic nitrogens is 3. The molecule has 3 nitrogen and oxygen atoms in total. The van der Waals surface area contributed by atoms with Crippen LogP contribution in [0.25, 0.3) is 5.65 Å². The van der Waals surface area contributed by atoms with Crippen molar-refractivity contribution >= 4 is 5.65 Å². The summed E-state index contributed by atoms with van der Waals surface area (Å²) in [5, 5.41) is 4.65. The number of nitrogens with zero attached hydrogens (tertiary/aromatic N) is 3. The molecule has 2 heterocycles. The molecule has 0 spiro atoms. The minimum absolute atomic E-state index is 0.729. The van der Waals surface area contributed by atoms with Crippen molar-refractivity contribution in [3.05, 3.63) is 28.7 Å².